The van der Waals surface area contributed by atoms with Gasteiger partial charge in [-0.2, -0.15) is 5.26 Å². The van der Waals surface area contributed by atoms with Crippen LogP contribution in [0.2, 0.25) is 0 Å². The summed E-state index contributed by atoms with van der Waals surface area (Å²) in [7, 11) is 0. The molecule has 16 heavy (non-hydrogen) atoms. The standard InChI is InChI=1S/C13H14FNS/c14-12-6-3-7-13(11(12)8-15)16-9-10-4-1-2-5-10/h3,6-7,10H,1-2,4-5,9H2. The molecule has 0 radical (unpaired) electrons. The van der Waals surface area contributed by atoms with Crippen LogP contribution in [0.3, 0.4) is 0 Å². The van der Waals surface area contributed by atoms with Crippen molar-refractivity contribution in [1.29, 1.82) is 5.26 Å². The van der Waals surface area contributed by atoms with E-state index in [9.17, 15) is 4.39 Å². The molecule has 1 aromatic carbocycles. The second-order valence-electron chi connectivity index (χ2n) is 4.19. The molecule has 1 aliphatic carbocycles. The van der Waals surface area contributed by atoms with E-state index in [4.69, 9.17) is 5.26 Å². The zero-order valence-electron chi connectivity index (χ0n) is 9.08. The molecule has 0 unspecified atom stereocenters. The van der Waals surface area contributed by atoms with E-state index in [0.717, 1.165) is 16.6 Å². The first-order valence-electron chi connectivity index (χ1n) is 5.62. The lowest BCUT2D eigenvalue weighted by Crippen LogP contribution is -1.97. The zero-order valence-corrected chi connectivity index (χ0v) is 9.89. The summed E-state index contributed by atoms with van der Waals surface area (Å²) in [6.07, 6.45) is 5.20. The Labute approximate surface area is 99.7 Å². The van der Waals surface area contributed by atoms with E-state index in [1.165, 1.54) is 31.7 Å². The molecule has 1 nitrogen and oxygen atoms in total. The van der Waals surface area contributed by atoms with Crippen LogP contribution in [-0.2, 0) is 0 Å². The Morgan fingerprint density at radius 3 is 2.81 bits per heavy atom. The average Bonchev–Trinajstić information content (AvgIpc) is 2.79. The Hall–Kier alpha value is -1.01. The number of hydrogen-bond donors (Lipinski definition) is 0. The molecule has 0 aromatic heterocycles. The highest BCUT2D eigenvalue weighted by molar-refractivity contribution is 7.99. The van der Waals surface area contributed by atoms with Crippen LogP contribution in [0.5, 0.6) is 0 Å². The molecule has 1 saturated carbocycles. The number of hydrogen-bond acceptors (Lipinski definition) is 2. The summed E-state index contributed by atoms with van der Waals surface area (Å²) in [5.41, 5.74) is 0.200. The van der Waals surface area contributed by atoms with Crippen LogP contribution in [0.1, 0.15) is 31.2 Å². The summed E-state index contributed by atoms with van der Waals surface area (Å²) >= 11 is 1.62. The highest BCUT2D eigenvalue weighted by atomic mass is 32.2. The molecule has 1 fully saturated rings. The molecule has 3 heteroatoms. The first kappa shape index (κ1) is 11.5. The first-order chi connectivity index (χ1) is 7.81. The molecule has 2 rings (SSSR count). The average molecular weight is 235 g/mol. The van der Waals surface area contributed by atoms with Crippen molar-refractivity contribution < 1.29 is 4.39 Å². The zero-order chi connectivity index (χ0) is 11.4. The minimum absolute atomic E-state index is 0.200. The van der Waals surface area contributed by atoms with Gasteiger partial charge in [-0.05, 0) is 30.9 Å². The van der Waals surface area contributed by atoms with E-state index in [2.05, 4.69) is 0 Å². The molecule has 0 spiro atoms. The number of rotatable bonds is 3. The number of halogens is 1. The van der Waals surface area contributed by atoms with Crippen molar-refractivity contribution in [1.82, 2.24) is 0 Å². The van der Waals surface area contributed by atoms with Crippen LogP contribution in [0.4, 0.5) is 4.39 Å². The normalized spacial score (nSPS) is 16.2. The topological polar surface area (TPSA) is 23.8 Å². The van der Waals surface area contributed by atoms with Crippen molar-refractivity contribution in [3.05, 3.63) is 29.6 Å². The van der Waals surface area contributed by atoms with Crippen molar-refractivity contribution >= 4 is 11.8 Å². The fourth-order valence-electron chi connectivity index (χ4n) is 2.12. The van der Waals surface area contributed by atoms with E-state index in [1.54, 1.807) is 17.8 Å². The van der Waals surface area contributed by atoms with Gasteiger partial charge in [0.25, 0.3) is 0 Å². The molecule has 0 aliphatic heterocycles. The highest BCUT2D eigenvalue weighted by Crippen LogP contribution is 2.32. The van der Waals surface area contributed by atoms with Crippen LogP contribution in [0, 0.1) is 23.1 Å². The van der Waals surface area contributed by atoms with Gasteiger partial charge in [0.15, 0.2) is 0 Å². The molecule has 1 aliphatic rings. The maximum atomic E-state index is 13.3. The predicted octanol–water partition coefficient (Wildman–Crippen LogP) is 3.98. The summed E-state index contributed by atoms with van der Waals surface area (Å²) in [6.45, 7) is 0. The quantitative estimate of drug-likeness (QED) is 0.740. The predicted molar refractivity (Wildman–Crippen MR) is 63.8 cm³/mol. The van der Waals surface area contributed by atoms with Gasteiger partial charge in [0.1, 0.15) is 17.4 Å². The minimum Gasteiger partial charge on any atom is -0.206 e. The summed E-state index contributed by atoms with van der Waals surface area (Å²) in [4.78, 5) is 0.786. The van der Waals surface area contributed by atoms with E-state index >= 15 is 0 Å². The van der Waals surface area contributed by atoms with E-state index in [0.29, 0.717) is 0 Å². The first-order valence-corrected chi connectivity index (χ1v) is 6.61. The van der Waals surface area contributed by atoms with Gasteiger partial charge >= 0.3 is 0 Å². The second kappa shape index (κ2) is 5.36. The third-order valence-corrected chi connectivity index (χ3v) is 4.33. The third kappa shape index (κ3) is 2.56. The van der Waals surface area contributed by atoms with Gasteiger partial charge in [-0.3, -0.25) is 0 Å². The number of nitriles is 1. The number of nitrogens with zero attached hydrogens (tertiary/aromatic N) is 1. The van der Waals surface area contributed by atoms with Crippen LogP contribution in [0.15, 0.2) is 23.1 Å². The second-order valence-corrected chi connectivity index (χ2v) is 5.25. The van der Waals surface area contributed by atoms with Crippen molar-refractivity contribution in [3.63, 3.8) is 0 Å². The van der Waals surface area contributed by atoms with E-state index in [1.807, 2.05) is 12.1 Å². The summed E-state index contributed by atoms with van der Waals surface area (Å²) in [5.74, 6) is 1.36. The lowest BCUT2D eigenvalue weighted by molar-refractivity contribution is 0.617. The Morgan fingerprint density at radius 1 is 1.38 bits per heavy atom. The van der Waals surface area contributed by atoms with Crippen molar-refractivity contribution in [2.75, 3.05) is 5.75 Å². The van der Waals surface area contributed by atoms with Gasteiger partial charge in [0.05, 0.1) is 0 Å². The Morgan fingerprint density at radius 2 is 2.12 bits per heavy atom. The van der Waals surface area contributed by atoms with Gasteiger partial charge in [-0.25, -0.2) is 4.39 Å². The Kier molecular flexibility index (Phi) is 3.84. The summed E-state index contributed by atoms with van der Waals surface area (Å²) < 4.78 is 13.3. The fourth-order valence-corrected chi connectivity index (χ4v) is 3.33. The maximum Gasteiger partial charge on any atom is 0.142 e. The SMILES string of the molecule is N#Cc1c(F)cccc1SCC1CCCC1. The van der Waals surface area contributed by atoms with Gasteiger partial charge in [-0.15, -0.1) is 11.8 Å². The summed E-state index contributed by atoms with van der Waals surface area (Å²) in [5, 5.41) is 8.89. The Bertz CT molecular complexity index is 405. The molecule has 0 amide bonds. The highest BCUT2D eigenvalue weighted by Gasteiger charge is 2.16. The van der Waals surface area contributed by atoms with Crippen molar-refractivity contribution in [2.45, 2.75) is 30.6 Å². The molecule has 84 valence electrons. The molecule has 0 bridgehead atoms. The molecule has 0 saturated heterocycles. The minimum atomic E-state index is -0.404. The smallest absolute Gasteiger partial charge is 0.142 e. The van der Waals surface area contributed by atoms with Crippen LogP contribution in [0.25, 0.3) is 0 Å². The van der Waals surface area contributed by atoms with Gasteiger partial charge < -0.3 is 0 Å². The van der Waals surface area contributed by atoms with Gasteiger partial charge in [0.2, 0.25) is 0 Å². The maximum absolute atomic E-state index is 13.3. The van der Waals surface area contributed by atoms with E-state index < -0.39 is 5.82 Å². The fraction of sp³-hybridized carbons (Fsp3) is 0.462. The third-order valence-electron chi connectivity index (χ3n) is 3.04. The Balaban J connectivity index is 2.03. The van der Waals surface area contributed by atoms with Gasteiger partial charge in [0, 0.05) is 10.6 Å². The lowest BCUT2D eigenvalue weighted by atomic mass is 10.1. The number of thioether (sulfide) groups is 1. The van der Waals surface area contributed by atoms with Gasteiger partial charge in [-0.1, -0.05) is 18.9 Å². The molecule has 1 aromatic rings. The monoisotopic (exact) mass is 235 g/mol. The molecule has 0 N–H and O–H groups in total. The molecule has 0 heterocycles. The summed E-state index contributed by atoms with van der Waals surface area (Å²) in [6, 6.07) is 6.80. The molecular formula is C13H14FNS. The van der Waals surface area contributed by atoms with E-state index in [-0.39, 0.29) is 5.56 Å². The van der Waals surface area contributed by atoms with Crippen LogP contribution >= 0.6 is 11.8 Å². The lowest BCUT2D eigenvalue weighted by Gasteiger charge is -2.09. The largest absolute Gasteiger partial charge is 0.206 e. The van der Waals surface area contributed by atoms with Crippen molar-refractivity contribution in [2.24, 2.45) is 5.92 Å². The van der Waals surface area contributed by atoms with Crippen LogP contribution in [-0.4, -0.2) is 5.75 Å². The molecule has 0 atom stereocenters. The number of benzene rings is 1. The van der Waals surface area contributed by atoms with Crippen LogP contribution < -0.4 is 0 Å². The molecular weight excluding hydrogens is 221 g/mol. The van der Waals surface area contributed by atoms with Crippen molar-refractivity contribution in [3.8, 4) is 6.07 Å².